The topological polar surface area (TPSA) is 50.2 Å². The highest BCUT2D eigenvalue weighted by atomic mass is 79.9. The van der Waals surface area contributed by atoms with Gasteiger partial charge in [-0.1, -0.05) is 0 Å². The first-order valence-electron chi connectivity index (χ1n) is 6.33. The second kappa shape index (κ2) is 5.84. The van der Waals surface area contributed by atoms with E-state index >= 15 is 0 Å². The van der Waals surface area contributed by atoms with Crippen LogP contribution in [0.5, 0.6) is 0 Å². The van der Waals surface area contributed by atoms with E-state index in [0.29, 0.717) is 17.1 Å². The number of hydrogen-bond acceptors (Lipinski definition) is 4. The number of rotatable bonds is 4. The van der Waals surface area contributed by atoms with Gasteiger partial charge in [0, 0.05) is 26.2 Å². The molecule has 100 valence electrons. The van der Waals surface area contributed by atoms with Crippen LogP contribution in [-0.4, -0.2) is 36.0 Å². The average molecular weight is 315 g/mol. The Morgan fingerprint density at radius 2 is 2.44 bits per heavy atom. The quantitative estimate of drug-likeness (QED) is 0.907. The van der Waals surface area contributed by atoms with Crippen LogP contribution in [0, 0.1) is 0 Å². The van der Waals surface area contributed by atoms with Gasteiger partial charge in [-0.25, -0.2) is 4.68 Å². The van der Waals surface area contributed by atoms with E-state index in [9.17, 15) is 4.79 Å². The number of halogens is 1. The minimum absolute atomic E-state index is 0.0683. The summed E-state index contributed by atoms with van der Waals surface area (Å²) in [5.41, 5.74) is 0.791. The molecule has 6 heteroatoms. The number of anilines is 1. The summed E-state index contributed by atoms with van der Waals surface area (Å²) in [6.45, 7) is 4.49. The molecule has 1 N–H and O–H groups in total. The predicted octanol–water partition coefficient (Wildman–Crippen LogP) is 1.21. The second-order valence-electron chi connectivity index (χ2n) is 4.64. The molecule has 0 saturated carbocycles. The summed E-state index contributed by atoms with van der Waals surface area (Å²) in [6.07, 6.45) is 4.18. The number of nitrogens with one attached hydrogen (secondary N) is 1. The van der Waals surface area contributed by atoms with Gasteiger partial charge in [0.05, 0.1) is 11.9 Å². The van der Waals surface area contributed by atoms with Crippen molar-refractivity contribution in [3.63, 3.8) is 0 Å². The summed E-state index contributed by atoms with van der Waals surface area (Å²) >= 11 is 3.39. The molecule has 2 heterocycles. The van der Waals surface area contributed by atoms with Crippen LogP contribution in [-0.2, 0) is 6.54 Å². The lowest BCUT2D eigenvalue weighted by molar-refractivity contribution is 0.589. The minimum atomic E-state index is -0.0683. The Bertz CT molecular complexity index is 468. The Morgan fingerprint density at radius 1 is 1.67 bits per heavy atom. The third-order valence-electron chi connectivity index (χ3n) is 3.33. The first kappa shape index (κ1) is 13.5. The molecule has 1 aromatic rings. The molecule has 1 fully saturated rings. The lowest BCUT2D eigenvalue weighted by Crippen LogP contribution is -2.36. The summed E-state index contributed by atoms with van der Waals surface area (Å²) in [5.74, 6) is 0. The van der Waals surface area contributed by atoms with Crippen molar-refractivity contribution >= 4 is 21.6 Å². The van der Waals surface area contributed by atoms with Crippen LogP contribution < -0.4 is 15.8 Å². The first-order valence-corrected chi connectivity index (χ1v) is 7.13. The lowest BCUT2D eigenvalue weighted by Gasteiger charge is -2.24. The fourth-order valence-corrected chi connectivity index (χ4v) is 2.90. The van der Waals surface area contributed by atoms with Crippen molar-refractivity contribution in [1.82, 2.24) is 15.1 Å². The van der Waals surface area contributed by atoms with Gasteiger partial charge >= 0.3 is 0 Å². The van der Waals surface area contributed by atoms with Gasteiger partial charge in [-0.2, -0.15) is 5.10 Å². The molecule has 2 rings (SSSR count). The molecule has 0 spiro atoms. The zero-order chi connectivity index (χ0) is 13.1. The molecule has 1 unspecified atom stereocenters. The Labute approximate surface area is 115 Å². The fraction of sp³-hybridized carbons (Fsp3) is 0.667. The molecule has 0 aliphatic carbocycles. The van der Waals surface area contributed by atoms with Gasteiger partial charge in [-0.3, -0.25) is 4.79 Å². The van der Waals surface area contributed by atoms with Crippen molar-refractivity contribution < 1.29 is 0 Å². The summed E-state index contributed by atoms with van der Waals surface area (Å²) < 4.78 is 2.05. The maximum absolute atomic E-state index is 12.0. The van der Waals surface area contributed by atoms with Gasteiger partial charge in [-0.05, 0) is 42.2 Å². The zero-order valence-corrected chi connectivity index (χ0v) is 12.4. The SMILES string of the molecule is CCn1ncc(N(C)CC2CCCN2)c(Br)c1=O. The monoisotopic (exact) mass is 314 g/mol. The van der Waals surface area contributed by atoms with Gasteiger partial charge in [0.1, 0.15) is 4.47 Å². The summed E-state index contributed by atoms with van der Waals surface area (Å²) in [4.78, 5) is 14.1. The predicted molar refractivity (Wildman–Crippen MR) is 76.2 cm³/mol. The highest BCUT2D eigenvalue weighted by molar-refractivity contribution is 9.10. The third kappa shape index (κ3) is 2.75. The maximum Gasteiger partial charge on any atom is 0.283 e. The molecule has 0 amide bonds. The molecule has 1 aliphatic rings. The second-order valence-corrected chi connectivity index (χ2v) is 5.43. The fourth-order valence-electron chi connectivity index (χ4n) is 2.29. The van der Waals surface area contributed by atoms with Crippen molar-refractivity contribution in [3.05, 3.63) is 21.0 Å². The molecular formula is C12H19BrN4O. The third-order valence-corrected chi connectivity index (χ3v) is 4.08. The number of hydrogen-bond donors (Lipinski definition) is 1. The summed E-state index contributed by atoms with van der Waals surface area (Å²) in [6, 6.07) is 0.510. The van der Waals surface area contributed by atoms with Crippen LogP contribution >= 0.6 is 15.9 Å². The molecule has 0 bridgehead atoms. The Kier molecular flexibility index (Phi) is 4.40. The first-order chi connectivity index (χ1) is 8.63. The molecular weight excluding hydrogens is 296 g/mol. The highest BCUT2D eigenvalue weighted by Crippen LogP contribution is 2.21. The molecule has 1 aliphatic heterocycles. The minimum Gasteiger partial charge on any atom is -0.371 e. The van der Waals surface area contributed by atoms with Crippen LogP contribution in [0.1, 0.15) is 19.8 Å². The van der Waals surface area contributed by atoms with E-state index in [1.54, 1.807) is 6.20 Å². The van der Waals surface area contributed by atoms with E-state index in [2.05, 4.69) is 31.2 Å². The van der Waals surface area contributed by atoms with Crippen LogP contribution in [0.25, 0.3) is 0 Å². The van der Waals surface area contributed by atoms with Gasteiger partial charge in [-0.15, -0.1) is 0 Å². The van der Waals surface area contributed by atoms with E-state index in [1.807, 2.05) is 14.0 Å². The Balaban J connectivity index is 2.17. The van der Waals surface area contributed by atoms with Gasteiger partial charge in [0.2, 0.25) is 0 Å². The van der Waals surface area contributed by atoms with Crippen molar-refractivity contribution in [2.45, 2.75) is 32.4 Å². The van der Waals surface area contributed by atoms with Crippen molar-refractivity contribution in [1.29, 1.82) is 0 Å². The van der Waals surface area contributed by atoms with Crippen molar-refractivity contribution in [3.8, 4) is 0 Å². The zero-order valence-electron chi connectivity index (χ0n) is 10.8. The van der Waals surface area contributed by atoms with Crippen molar-refractivity contribution in [2.75, 3.05) is 25.0 Å². The summed E-state index contributed by atoms with van der Waals surface area (Å²) in [7, 11) is 2.00. The van der Waals surface area contributed by atoms with Gasteiger partial charge in [0.15, 0.2) is 0 Å². The normalized spacial score (nSPS) is 19.2. The van der Waals surface area contributed by atoms with Crippen LogP contribution in [0.2, 0.25) is 0 Å². The molecule has 1 aromatic heterocycles. The van der Waals surface area contributed by atoms with Gasteiger partial charge in [0.25, 0.3) is 5.56 Å². The lowest BCUT2D eigenvalue weighted by atomic mass is 10.2. The van der Waals surface area contributed by atoms with Crippen molar-refractivity contribution in [2.24, 2.45) is 0 Å². The van der Waals surface area contributed by atoms with Gasteiger partial charge < -0.3 is 10.2 Å². The van der Waals surface area contributed by atoms with E-state index < -0.39 is 0 Å². The Morgan fingerprint density at radius 3 is 3.06 bits per heavy atom. The molecule has 5 nitrogen and oxygen atoms in total. The summed E-state index contributed by atoms with van der Waals surface area (Å²) in [5, 5.41) is 7.62. The average Bonchev–Trinajstić information content (AvgIpc) is 2.85. The highest BCUT2D eigenvalue weighted by Gasteiger charge is 2.18. The molecule has 1 saturated heterocycles. The van der Waals surface area contributed by atoms with E-state index in [-0.39, 0.29) is 5.56 Å². The van der Waals surface area contributed by atoms with Crippen LogP contribution in [0.15, 0.2) is 15.5 Å². The molecule has 18 heavy (non-hydrogen) atoms. The maximum atomic E-state index is 12.0. The number of nitrogens with zero attached hydrogens (tertiary/aromatic N) is 3. The molecule has 0 aromatic carbocycles. The molecule has 1 atom stereocenters. The van der Waals surface area contributed by atoms with Crippen LogP contribution in [0.4, 0.5) is 5.69 Å². The van der Waals surface area contributed by atoms with E-state index in [0.717, 1.165) is 18.8 Å². The van der Waals surface area contributed by atoms with Crippen LogP contribution in [0.3, 0.4) is 0 Å². The largest absolute Gasteiger partial charge is 0.371 e. The Hall–Kier alpha value is -0.880. The number of likely N-dealkylation sites (N-methyl/N-ethyl adjacent to an activating group) is 1. The standard InChI is InChI=1S/C12H19BrN4O/c1-3-17-12(18)11(13)10(7-15-17)16(2)8-9-5-4-6-14-9/h7,9,14H,3-6,8H2,1-2H3. The number of aryl methyl sites for hydroxylation is 1. The smallest absolute Gasteiger partial charge is 0.283 e. The van der Waals surface area contributed by atoms with E-state index in [1.165, 1.54) is 17.5 Å². The molecule has 0 radical (unpaired) electrons. The van der Waals surface area contributed by atoms with E-state index in [4.69, 9.17) is 0 Å². The number of aromatic nitrogens is 2.